The molecule has 3 heterocycles. The maximum absolute atomic E-state index is 13.2. The smallest absolute Gasteiger partial charge is 0.254 e. The number of carbonyl (C=O) groups excluding carboxylic acids is 1. The third-order valence-electron chi connectivity index (χ3n) is 5.41. The molecular formula is C24H28N6O3. The normalized spacial score (nSPS) is 16.0. The molecule has 0 bridgehead atoms. The number of benzene rings is 1. The number of rotatable bonds is 7. The number of amides is 1. The standard InChI is InChI=1S/C24H28N6O3/c1-4-32-15-17-5-7-18(8-6-17)23(31)30-9-10-33-21(14-30)22-20(19-11-25-16-26-12-19)13-27-24(28-22)29(2)3/h5-8,11-13,16,21H,4,9-10,14-15H2,1-3H3/t21-/m0/s1. The average Bonchev–Trinajstić information content (AvgIpc) is 2.87. The molecule has 33 heavy (non-hydrogen) atoms. The summed E-state index contributed by atoms with van der Waals surface area (Å²) in [5.41, 5.74) is 3.99. The van der Waals surface area contributed by atoms with E-state index in [1.54, 1.807) is 18.6 Å². The van der Waals surface area contributed by atoms with Crippen molar-refractivity contribution in [2.75, 3.05) is 45.3 Å². The molecule has 0 unspecified atom stereocenters. The minimum Gasteiger partial charge on any atom is -0.377 e. The summed E-state index contributed by atoms with van der Waals surface area (Å²) >= 11 is 0. The topological polar surface area (TPSA) is 93.6 Å². The first-order chi connectivity index (χ1) is 16.1. The zero-order chi connectivity index (χ0) is 23.2. The van der Waals surface area contributed by atoms with Gasteiger partial charge >= 0.3 is 0 Å². The zero-order valence-electron chi connectivity index (χ0n) is 19.1. The summed E-state index contributed by atoms with van der Waals surface area (Å²) in [6.45, 7) is 4.49. The lowest BCUT2D eigenvalue weighted by Gasteiger charge is -2.33. The molecule has 1 saturated heterocycles. The molecular weight excluding hydrogens is 420 g/mol. The van der Waals surface area contributed by atoms with Crippen LogP contribution in [-0.2, 0) is 16.1 Å². The van der Waals surface area contributed by atoms with Gasteiger partial charge in [-0.15, -0.1) is 0 Å². The second-order valence-electron chi connectivity index (χ2n) is 7.94. The molecule has 172 valence electrons. The third-order valence-corrected chi connectivity index (χ3v) is 5.41. The van der Waals surface area contributed by atoms with Gasteiger partial charge in [-0.05, 0) is 24.6 Å². The summed E-state index contributed by atoms with van der Waals surface area (Å²) in [6.07, 6.45) is 6.30. The molecule has 9 heteroatoms. The van der Waals surface area contributed by atoms with E-state index in [9.17, 15) is 4.79 Å². The van der Waals surface area contributed by atoms with E-state index in [2.05, 4.69) is 15.0 Å². The van der Waals surface area contributed by atoms with E-state index in [0.29, 0.717) is 50.1 Å². The molecule has 1 aliphatic heterocycles. The molecule has 9 nitrogen and oxygen atoms in total. The van der Waals surface area contributed by atoms with Gasteiger partial charge in [-0.1, -0.05) is 12.1 Å². The van der Waals surface area contributed by atoms with E-state index < -0.39 is 6.10 Å². The Morgan fingerprint density at radius 1 is 1.18 bits per heavy atom. The van der Waals surface area contributed by atoms with Gasteiger partial charge in [-0.3, -0.25) is 4.79 Å². The fraction of sp³-hybridized carbons (Fsp3) is 0.375. The molecule has 1 amide bonds. The van der Waals surface area contributed by atoms with Crippen LogP contribution in [0.2, 0.25) is 0 Å². The van der Waals surface area contributed by atoms with Crippen molar-refractivity contribution in [2.24, 2.45) is 0 Å². The van der Waals surface area contributed by atoms with Gasteiger partial charge < -0.3 is 19.3 Å². The first kappa shape index (κ1) is 22.8. The van der Waals surface area contributed by atoms with Crippen molar-refractivity contribution in [3.63, 3.8) is 0 Å². The van der Waals surface area contributed by atoms with Gasteiger partial charge in [0.1, 0.15) is 12.4 Å². The van der Waals surface area contributed by atoms with Crippen molar-refractivity contribution in [1.29, 1.82) is 0 Å². The van der Waals surface area contributed by atoms with Crippen LogP contribution in [0.15, 0.2) is 49.2 Å². The van der Waals surface area contributed by atoms with Crippen molar-refractivity contribution in [2.45, 2.75) is 19.6 Å². The van der Waals surface area contributed by atoms with Crippen LogP contribution in [-0.4, -0.2) is 71.1 Å². The van der Waals surface area contributed by atoms with Crippen molar-refractivity contribution in [3.8, 4) is 11.1 Å². The van der Waals surface area contributed by atoms with Crippen LogP contribution in [0.5, 0.6) is 0 Å². The Bertz CT molecular complexity index is 1080. The number of hydrogen-bond acceptors (Lipinski definition) is 8. The van der Waals surface area contributed by atoms with Crippen LogP contribution in [0.1, 0.15) is 34.6 Å². The molecule has 0 radical (unpaired) electrons. The summed E-state index contributed by atoms with van der Waals surface area (Å²) in [6, 6.07) is 7.57. The van der Waals surface area contributed by atoms with Gasteiger partial charge in [0.05, 0.1) is 25.5 Å². The molecule has 2 aromatic heterocycles. The van der Waals surface area contributed by atoms with Crippen LogP contribution < -0.4 is 4.90 Å². The van der Waals surface area contributed by atoms with Crippen molar-refractivity contribution < 1.29 is 14.3 Å². The lowest BCUT2D eigenvalue weighted by Crippen LogP contribution is -2.42. The minimum atomic E-state index is -0.392. The van der Waals surface area contributed by atoms with E-state index in [4.69, 9.17) is 14.5 Å². The second kappa shape index (κ2) is 10.5. The van der Waals surface area contributed by atoms with Crippen molar-refractivity contribution >= 4 is 11.9 Å². The van der Waals surface area contributed by atoms with Crippen molar-refractivity contribution in [3.05, 3.63) is 66.0 Å². The maximum atomic E-state index is 13.2. The van der Waals surface area contributed by atoms with Gasteiger partial charge in [0.2, 0.25) is 5.95 Å². The van der Waals surface area contributed by atoms with Gasteiger partial charge in [-0.25, -0.2) is 19.9 Å². The van der Waals surface area contributed by atoms with E-state index in [1.807, 2.05) is 55.1 Å². The van der Waals surface area contributed by atoms with Crippen LogP contribution in [0, 0.1) is 0 Å². The molecule has 3 aromatic rings. The Kier molecular flexibility index (Phi) is 7.21. The highest BCUT2D eigenvalue weighted by Gasteiger charge is 2.29. The molecule has 1 atom stereocenters. The first-order valence-electron chi connectivity index (χ1n) is 10.9. The van der Waals surface area contributed by atoms with Gasteiger partial charge in [0.15, 0.2) is 0 Å². The maximum Gasteiger partial charge on any atom is 0.254 e. The van der Waals surface area contributed by atoms with Crippen LogP contribution in [0.25, 0.3) is 11.1 Å². The van der Waals surface area contributed by atoms with E-state index >= 15 is 0 Å². The third kappa shape index (κ3) is 5.32. The first-order valence-corrected chi connectivity index (χ1v) is 10.9. The molecule has 0 N–H and O–H groups in total. The van der Waals surface area contributed by atoms with E-state index in [-0.39, 0.29) is 5.91 Å². The molecule has 1 fully saturated rings. The summed E-state index contributed by atoms with van der Waals surface area (Å²) in [5.74, 6) is 0.542. The van der Waals surface area contributed by atoms with E-state index in [0.717, 1.165) is 16.7 Å². The quantitative estimate of drug-likeness (QED) is 0.545. The number of anilines is 1. The highest BCUT2D eigenvalue weighted by atomic mass is 16.5. The molecule has 1 aromatic carbocycles. The zero-order valence-corrected chi connectivity index (χ0v) is 19.1. The highest BCUT2D eigenvalue weighted by molar-refractivity contribution is 5.94. The number of morpholine rings is 1. The van der Waals surface area contributed by atoms with E-state index in [1.165, 1.54) is 6.33 Å². The Hall–Kier alpha value is -3.43. The lowest BCUT2D eigenvalue weighted by atomic mass is 10.0. The number of nitrogens with zero attached hydrogens (tertiary/aromatic N) is 6. The average molecular weight is 449 g/mol. The van der Waals surface area contributed by atoms with Crippen LogP contribution >= 0.6 is 0 Å². The largest absolute Gasteiger partial charge is 0.377 e. The summed E-state index contributed by atoms with van der Waals surface area (Å²) in [5, 5.41) is 0. The summed E-state index contributed by atoms with van der Waals surface area (Å²) in [4.78, 5) is 34.3. The molecule has 0 aliphatic carbocycles. The Morgan fingerprint density at radius 2 is 1.94 bits per heavy atom. The predicted molar refractivity (Wildman–Crippen MR) is 124 cm³/mol. The number of aromatic nitrogens is 4. The SMILES string of the molecule is CCOCc1ccc(C(=O)N2CCO[C@H](c3nc(N(C)C)ncc3-c3cncnc3)C2)cc1. The monoisotopic (exact) mass is 448 g/mol. The number of hydrogen-bond donors (Lipinski definition) is 0. The minimum absolute atomic E-state index is 0.0299. The Morgan fingerprint density at radius 3 is 2.64 bits per heavy atom. The van der Waals surface area contributed by atoms with Crippen LogP contribution in [0.3, 0.4) is 0 Å². The summed E-state index contributed by atoms with van der Waals surface area (Å²) in [7, 11) is 3.77. The molecule has 0 spiro atoms. The van der Waals surface area contributed by atoms with Gasteiger partial charge in [0, 0.05) is 62.5 Å². The predicted octanol–water partition coefficient (Wildman–Crippen LogP) is 2.75. The Labute approximate surface area is 193 Å². The fourth-order valence-corrected chi connectivity index (χ4v) is 3.65. The van der Waals surface area contributed by atoms with Crippen molar-refractivity contribution in [1.82, 2.24) is 24.8 Å². The van der Waals surface area contributed by atoms with Crippen LogP contribution in [0.4, 0.5) is 5.95 Å². The van der Waals surface area contributed by atoms with Gasteiger partial charge in [0.25, 0.3) is 5.91 Å². The lowest BCUT2D eigenvalue weighted by molar-refractivity contribution is -0.0244. The molecule has 0 saturated carbocycles. The van der Waals surface area contributed by atoms with Gasteiger partial charge in [-0.2, -0.15) is 0 Å². The molecule has 4 rings (SSSR count). The highest BCUT2D eigenvalue weighted by Crippen LogP contribution is 2.31. The number of carbonyl (C=O) groups is 1. The molecule has 1 aliphatic rings. The number of ether oxygens (including phenoxy) is 2. The Balaban J connectivity index is 1.58. The second-order valence-corrected chi connectivity index (χ2v) is 7.94. The fourth-order valence-electron chi connectivity index (χ4n) is 3.65. The summed E-state index contributed by atoms with van der Waals surface area (Å²) < 4.78 is 11.5.